The smallest absolute Gasteiger partial charge is 0.144 e. The van der Waals surface area contributed by atoms with E-state index in [4.69, 9.17) is 4.42 Å². The van der Waals surface area contributed by atoms with Crippen molar-refractivity contribution in [1.82, 2.24) is 0 Å². The van der Waals surface area contributed by atoms with Crippen LogP contribution in [0.25, 0.3) is 97.0 Å². The minimum atomic E-state index is 0.909. The van der Waals surface area contributed by atoms with Crippen molar-refractivity contribution in [3.05, 3.63) is 158 Å². The standard InChI is InChI=1S/C44H26OS/c1-2-12-28(13-3-1)32-18-10-20-38-42(32)36-24-23-31(26-39(36)46-38)40-33-15-6-7-16-34(33)41(30-22-21-27-11-4-5-14-29(27)25-30)44-43(40)35-17-8-9-19-37(35)45-44/h1-26H. The summed E-state index contributed by atoms with van der Waals surface area (Å²) in [6.45, 7) is 0. The average molecular weight is 603 g/mol. The van der Waals surface area contributed by atoms with Gasteiger partial charge in [-0.1, -0.05) is 133 Å². The van der Waals surface area contributed by atoms with Crippen LogP contribution >= 0.6 is 11.3 Å². The van der Waals surface area contributed by atoms with Crippen molar-refractivity contribution in [2.24, 2.45) is 0 Å². The molecule has 0 N–H and O–H groups in total. The van der Waals surface area contributed by atoms with Crippen molar-refractivity contribution in [3.63, 3.8) is 0 Å². The molecule has 0 atom stereocenters. The van der Waals surface area contributed by atoms with E-state index >= 15 is 0 Å². The van der Waals surface area contributed by atoms with Gasteiger partial charge in [0, 0.05) is 42.1 Å². The molecule has 46 heavy (non-hydrogen) atoms. The fraction of sp³-hybridized carbons (Fsp3) is 0. The molecule has 0 bridgehead atoms. The van der Waals surface area contributed by atoms with Crippen molar-refractivity contribution in [2.45, 2.75) is 0 Å². The summed E-state index contributed by atoms with van der Waals surface area (Å²) in [4.78, 5) is 0. The minimum absolute atomic E-state index is 0.909. The van der Waals surface area contributed by atoms with Gasteiger partial charge in [0.15, 0.2) is 0 Å². The van der Waals surface area contributed by atoms with Crippen LogP contribution in [-0.4, -0.2) is 0 Å². The van der Waals surface area contributed by atoms with E-state index in [0.717, 1.165) is 22.1 Å². The Kier molecular flexibility index (Phi) is 5.51. The van der Waals surface area contributed by atoms with Gasteiger partial charge >= 0.3 is 0 Å². The summed E-state index contributed by atoms with van der Waals surface area (Å²) in [5.74, 6) is 0. The third-order valence-electron chi connectivity index (χ3n) is 9.45. The van der Waals surface area contributed by atoms with Gasteiger partial charge in [0.05, 0.1) is 0 Å². The lowest BCUT2D eigenvalue weighted by Gasteiger charge is -2.15. The molecule has 0 unspecified atom stereocenters. The zero-order valence-electron chi connectivity index (χ0n) is 24.8. The predicted molar refractivity (Wildman–Crippen MR) is 198 cm³/mol. The summed E-state index contributed by atoms with van der Waals surface area (Å²) in [5, 5.41) is 9.83. The molecule has 10 rings (SSSR count). The van der Waals surface area contributed by atoms with Crippen molar-refractivity contribution in [3.8, 4) is 33.4 Å². The molecule has 2 heteroatoms. The fourth-order valence-electron chi connectivity index (χ4n) is 7.42. The van der Waals surface area contributed by atoms with Crippen LogP contribution < -0.4 is 0 Å². The zero-order valence-corrected chi connectivity index (χ0v) is 25.6. The maximum atomic E-state index is 6.82. The Labute approximate surface area is 269 Å². The average Bonchev–Trinajstić information content (AvgIpc) is 3.69. The van der Waals surface area contributed by atoms with Crippen LogP contribution in [0.1, 0.15) is 0 Å². The summed E-state index contributed by atoms with van der Waals surface area (Å²) in [6, 6.07) is 57.1. The van der Waals surface area contributed by atoms with E-state index in [0.29, 0.717) is 0 Å². The molecule has 2 aromatic heterocycles. The van der Waals surface area contributed by atoms with Gasteiger partial charge in [0.25, 0.3) is 0 Å². The van der Waals surface area contributed by atoms with E-state index in [-0.39, 0.29) is 0 Å². The van der Waals surface area contributed by atoms with Crippen molar-refractivity contribution in [2.75, 3.05) is 0 Å². The summed E-state index contributed by atoms with van der Waals surface area (Å²) in [7, 11) is 0. The summed E-state index contributed by atoms with van der Waals surface area (Å²) >= 11 is 1.87. The van der Waals surface area contributed by atoms with Gasteiger partial charge in [0.2, 0.25) is 0 Å². The van der Waals surface area contributed by atoms with Crippen LogP contribution in [0.2, 0.25) is 0 Å². The molecule has 0 spiro atoms. The molecule has 0 fully saturated rings. The maximum absolute atomic E-state index is 6.82. The van der Waals surface area contributed by atoms with Gasteiger partial charge in [-0.2, -0.15) is 0 Å². The molecular weight excluding hydrogens is 577 g/mol. The third-order valence-corrected chi connectivity index (χ3v) is 10.6. The van der Waals surface area contributed by atoms with Crippen LogP contribution in [0.4, 0.5) is 0 Å². The summed E-state index contributed by atoms with van der Waals surface area (Å²) in [6.07, 6.45) is 0. The molecule has 10 aromatic rings. The highest BCUT2D eigenvalue weighted by molar-refractivity contribution is 7.26. The van der Waals surface area contributed by atoms with Gasteiger partial charge < -0.3 is 4.42 Å². The topological polar surface area (TPSA) is 13.1 Å². The molecule has 0 aliphatic carbocycles. The number of para-hydroxylation sites is 1. The van der Waals surface area contributed by atoms with E-state index in [9.17, 15) is 0 Å². The largest absolute Gasteiger partial charge is 0.455 e. The first-order valence-corrected chi connectivity index (χ1v) is 16.5. The predicted octanol–water partition coefficient (Wildman–Crippen LogP) is 13.3. The zero-order chi connectivity index (χ0) is 30.2. The van der Waals surface area contributed by atoms with Gasteiger partial charge in [-0.25, -0.2) is 0 Å². The van der Waals surface area contributed by atoms with Crippen molar-refractivity contribution >= 4 is 75.0 Å². The van der Waals surface area contributed by atoms with Crippen molar-refractivity contribution in [1.29, 1.82) is 0 Å². The Morgan fingerprint density at radius 1 is 0.391 bits per heavy atom. The van der Waals surface area contributed by atoms with Gasteiger partial charge in [-0.05, 0) is 68.1 Å². The number of furan rings is 1. The Bertz CT molecular complexity index is 2800. The lowest BCUT2D eigenvalue weighted by Crippen LogP contribution is -1.89. The first kappa shape index (κ1) is 25.6. The maximum Gasteiger partial charge on any atom is 0.144 e. The second kappa shape index (κ2) is 9.90. The van der Waals surface area contributed by atoms with Gasteiger partial charge in [0.1, 0.15) is 11.2 Å². The molecule has 2 heterocycles. The minimum Gasteiger partial charge on any atom is -0.455 e. The molecule has 8 aromatic carbocycles. The Balaban J connectivity index is 1.30. The van der Waals surface area contributed by atoms with E-state index in [1.165, 1.54) is 74.9 Å². The second-order valence-electron chi connectivity index (χ2n) is 12.0. The number of thiophene rings is 1. The number of fused-ring (bicyclic) bond motifs is 8. The van der Waals surface area contributed by atoms with Crippen LogP contribution in [0.15, 0.2) is 162 Å². The number of rotatable bonds is 3. The number of hydrogen-bond acceptors (Lipinski definition) is 2. The summed E-state index contributed by atoms with van der Waals surface area (Å²) < 4.78 is 9.42. The first-order chi connectivity index (χ1) is 22.8. The molecule has 214 valence electrons. The van der Waals surface area contributed by atoms with Crippen LogP contribution in [0.5, 0.6) is 0 Å². The van der Waals surface area contributed by atoms with E-state index in [2.05, 4.69) is 158 Å². The van der Waals surface area contributed by atoms with Crippen LogP contribution in [0, 0.1) is 0 Å². The van der Waals surface area contributed by atoms with Gasteiger partial charge in [-0.15, -0.1) is 11.3 Å². The molecule has 0 radical (unpaired) electrons. The molecule has 0 saturated heterocycles. The highest BCUT2D eigenvalue weighted by atomic mass is 32.1. The Morgan fingerprint density at radius 2 is 1.09 bits per heavy atom. The molecule has 0 aliphatic heterocycles. The highest BCUT2D eigenvalue weighted by Gasteiger charge is 2.23. The Hall–Kier alpha value is -5.70. The van der Waals surface area contributed by atoms with E-state index < -0.39 is 0 Å². The third kappa shape index (κ3) is 3.74. The summed E-state index contributed by atoms with van der Waals surface area (Å²) in [5.41, 5.74) is 9.12. The van der Waals surface area contributed by atoms with Gasteiger partial charge in [-0.3, -0.25) is 0 Å². The van der Waals surface area contributed by atoms with Crippen LogP contribution in [0.3, 0.4) is 0 Å². The van der Waals surface area contributed by atoms with E-state index in [1.807, 2.05) is 11.3 Å². The molecule has 0 saturated carbocycles. The lowest BCUT2D eigenvalue weighted by atomic mass is 9.87. The second-order valence-corrected chi connectivity index (χ2v) is 13.1. The molecule has 1 nitrogen and oxygen atoms in total. The molecular formula is C44H26OS. The normalized spacial score (nSPS) is 11.9. The number of benzene rings is 8. The fourth-order valence-corrected chi connectivity index (χ4v) is 8.59. The SMILES string of the molecule is c1ccc(-c2cccc3sc4cc(-c5c6ccccc6c(-c6ccc7ccccc7c6)c6oc7ccccc7c56)ccc4c23)cc1. The van der Waals surface area contributed by atoms with E-state index in [1.54, 1.807) is 0 Å². The first-order valence-electron chi connectivity index (χ1n) is 15.7. The molecule has 0 amide bonds. The van der Waals surface area contributed by atoms with Crippen LogP contribution in [-0.2, 0) is 0 Å². The monoisotopic (exact) mass is 602 g/mol. The lowest BCUT2D eigenvalue weighted by molar-refractivity contribution is 0.670. The quantitative estimate of drug-likeness (QED) is 0.196. The molecule has 0 aliphatic rings. The van der Waals surface area contributed by atoms with Crippen molar-refractivity contribution < 1.29 is 4.42 Å². The number of hydrogen-bond donors (Lipinski definition) is 0. The highest BCUT2D eigenvalue weighted by Crippen LogP contribution is 2.49. The Morgan fingerprint density at radius 3 is 1.96 bits per heavy atom.